The summed E-state index contributed by atoms with van der Waals surface area (Å²) < 4.78 is 12.5. The Bertz CT molecular complexity index is 995. The number of carbonyl (C=O) groups is 2. The summed E-state index contributed by atoms with van der Waals surface area (Å²) in [6.07, 6.45) is 0. The van der Waals surface area contributed by atoms with Crippen LogP contribution in [0.3, 0.4) is 0 Å². The van der Waals surface area contributed by atoms with E-state index in [-0.39, 0.29) is 6.61 Å². The third-order valence-corrected chi connectivity index (χ3v) is 4.45. The Hall–Kier alpha value is -3.61. The summed E-state index contributed by atoms with van der Waals surface area (Å²) in [4.78, 5) is 24.3. The maximum absolute atomic E-state index is 12.2. The molecule has 0 aliphatic rings. The van der Waals surface area contributed by atoms with Gasteiger partial charge in [-0.1, -0.05) is 30.3 Å². The number of hydrogen-bond donors (Lipinski definition) is 1. The van der Waals surface area contributed by atoms with Crippen LogP contribution in [0.5, 0.6) is 5.75 Å². The van der Waals surface area contributed by atoms with Gasteiger partial charge >= 0.3 is 5.97 Å². The van der Waals surface area contributed by atoms with Crippen LogP contribution in [0.2, 0.25) is 0 Å². The smallest absolute Gasteiger partial charge is 0.338 e. The van der Waals surface area contributed by atoms with Crippen molar-refractivity contribution in [1.82, 2.24) is 9.78 Å². The van der Waals surface area contributed by atoms with Crippen LogP contribution < -0.4 is 10.1 Å². The first kappa shape index (κ1) is 20.1. The number of aryl methyl sites for hydroxylation is 2. The summed E-state index contributed by atoms with van der Waals surface area (Å²) in [6, 6.07) is 16.4. The number of esters is 1. The van der Waals surface area contributed by atoms with Gasteiger partial charge in [-0.05, 0) is 43.7 Å². The van der Waals surface area contributed by atoms with Crippen molar-refractivity contribution >= 4 is 17.6 Å². The van der Waals surface area contributed by atoms with E-state index < -0.39 is 11.9 Å². The first-order valence-corrected chi connectivity index (χ1v) is 9.18. The summed E-state index contributed by atoms with van der Waals surface area (Å²) in [5.74, 6) is -0.347. The zero-order valence-electron chi connectivity index (χ0n) is 16.6. The molecule has 1 amide bonds. The molecule has 0 saturated heterocycles. The van der Waals surface area contributed by atoms with Crippen molar-refractivity contribution in [2.75, 3.05) is 11.9 Å². The van der Waals surface area contributed by atoms with Crippen molar-refractivity contribution in [1.29, 1.82) is 0 Å². The Labute approximate surface area is 169 Å². The van der Waals surface area contributed by atoms with Gasteiger partial charge in [-0.25, -0.2) is 4.79 Å². The minimum Gasteiger partial charge on any atom is -0.489 e. The van der Waals surface area contributed by atoms with Crippen LogP contribution in [0.15, 0.2) is 54.6 Å². The number of rotatable bonds is 7. The molecular formula is C22H23N3O4. The molecule has 0 aliphatic heterocycles. The third kappa shape index (κ3) is 5.22. The molecule has 1 N–H and O–H groups in total. The lowest BCUT2D eigenvalue weighted by Gasteiger charge is -2.08. The second-order valence-corrected chi connectivity index (χ2v) is 6.59. The molecule has 0 bridgehead atoms. The van der Waals surface area contributed by atoms with Gasteiger partial charge < -0.3 is 14.8 Å². The number of ether oxygens (including phenoxy) is 2. The standard InChI is InChI=1S/C22H23N3O4/c1-15-21(16(2)25(3)24-15)23-20(26)14-29-22(27)18-9-11-19(12-10-18)28-13-17-7-5-4-6-8-17/h4-12H,13-14H2,1-3H3,(H,23,26). The van der Waals surface area contributed by atoms with Crippen molar-refractivity contribution in [3.05, 3.63) is 77.1 Å². The van der Waals surface area contributed by atoms with Gasteiger partial charge in [-0.2, -0.15) is 5.10 Å². The van der Waals surface area contributed by atoms with E-state index >= 15 is 0 Å². The summed E-state index contributed by atoms with van der Waals surface area (Å²) in [5.41, 5.74) is 3.57. The fourth-order valence-electron chi connectivity index (χ4n) is 2.77. The average Bonchev–Trinajstić information content (AvgIpc) is 2.97. The Morgan fingerprint density at radius 2 is 1.72 bits per heavy atom. The van der Waals surface area contributed by atoms with Crippen molar-refractivity contribution < 1.29 is 19.1 Å². The van der Waals surface area contributed by atoms with Crippen molar-refractivity contribution in [2.45, 2.75) is 20.5 Å². The molecular weight excluding hydrogens is 370 g/mol. The topological polar surface area (TPSA) is 82.5 Å². The van der Waals surface area contributed by atoms with Gasteiger partial charge in [0.15, 0.2) is 6.61 Å². The van der Waals surface area contributed by atoms with Crippen LogP contribution in [0.4, 0.5) is 5.69 Å². The lowest BCUT2D eigenvalue weighted by atomic mass is 10.2. The molecule has 29 heavy (non-hydrogen) atoms. The summed E-state index contributed by atoms with van der Waals surface area (Å²) in [7, 11) is 1.80. The molecule has 0 fully saturated rings. The van der Waals surface area contributed by atoms with E-state index in [1.54, 1.807) is 42.9 Å². The van der Waals surface area contributed by atoms with Gasteiger partial charge in [-0.3, -0.25) is 9.48 Å². The van der Waals surface area contributed by atoms with E-state index in [4.69, 9.17) is 9.47 Å². The fourth-order valence-corrected chi connectivity index (χ4v) is 2.77. The van der Waals surface area contributed by atoms with E-state index in [1.807, 2.05) is 37.3 Å². The molecule has 150 valence electrons. The number of nitrogens with one attached hydrogen (secondary N) is 1. The van der Waals surface area contributed by atoms with E-state index in [0.29, 0.717) is 29.3 Å². The van der Waals surface area contributed by atoms with E-state index in [9.17, 15) is 9.59 Å². The molecule has 3 rings (SSSR count). The monoisotopic (exact) mass is 393 g/mol. The van der Waals surface area contributed by atoms with Crippen LogP contribution in [0.25, 0.3) is 0 Å². The SMILES string of the molecule is Cc1nn(C)c(C)c1NC(=O)COC(=O)c1ccc(OCc2ccccc2)cc1. The van der Waals surface area contributed by atoms with E-state index in [1.165, 1.54) is 0 Å². The predicted molar refractivity (Wildman–Crippen MR) is 109 cm³/mol. The minimum absolute atomic E-state index is 0.346. The molecule has 0 unspecified atom stereocenters. The molecule has 7 heteroatoms. The highest BCUT2D eigenvalue weighted by molar-refractivity contribution is 5.96. The third-order valence-electron chi connectivity index (χ3n) is 4.45. The Morgan fingerprint density at radius 1 is 1.03 bits per heavy atom. The lowest BCUT2D eigenvalue weighted by molar-refractivity contribution is -0.119. The van der Waals surface area contributed by atoms with Gasteiger partial charge in [-0.15, -0.1) is 0 Å². The van der Waals surface area contributed by atoms with Gasteiger partial charge in [0.25, 0.3) is 5.91 Å². The van der Waals surface area contributed by atoms with E-state index in [2.05, 4.69) is 10.4 Å². The zero-order valence-corrected chi connectivity index (χ0v) is 16.6. The second kappa shape index (κ2) is 9.05. The number of aromatic nitrogens is 2. The molecule has 0 spiro atoms. The highest BCUT2D eigenvalue weighted by atomic mass is 16.5. The number of nitrogens with zero attached hydrogens (tertiary/aromatic N) is 2. The second-order valence-electron chi connectivity index (χ2n) is 6.59. The fraction of sp³-hybridized carbons (Fsp3) is 0.227. The normalized spacial score (nSPS) is 10.4. The molecule has 1 heterocycles. The number of carbonyl (C=O) groups excluding carboxylic acids is 2. The molecule has 3 aromatic rings. The van der Waals surface area contributed by atoms with Gasteiger partial charge in [0.05, 0.1) is 22.6 Å². The van der Waals surface area contributed by atoms with E-state index in [0.717, 1.165) is 11.3 Å². The van der Waals surface area contributed by atoms with Gasteiger partial charge in [0.2, 0.25) is 0 Å². The summed E-state index contributed by atoms with van der Waals surface area (Å²) in [6.45, 7) is 3.72. The lowest BCUT2D eigenvalue weighted by Crippen LogP contribution is -2.21. The quantitative estimate of drug-likeness (QED) is 0.622. The highest BCUT2D eigenvalue weighted by Gasteiger charge is 2.15. The minimum atomic E-state index is -0.575. The van der Waals surface area contributed by atoms with Crippen LogP contribution in [-0.2, 0) is 23.2 Å². The average molecular weight is 393 g/mol. The van der Waals surface area contributed by atoms with Crippen LogP contribution in [-0.4, -0.2) is 28.3 Å². The summed E-state index contributed by atoms with van der Waals surface area (Å²) in [5, 5.41) is 6.96. The molecule has 0 atom stereocenters. The van der Waals surface area contributed by atoms with Gasteiger partial charge in [0, 0.05) is 7.05 Å². The number of anilines is 1. The first-order valence-electron chi connectivity index (χ1n) is 9.18. The van der Waals surface area contributed by atoms with Crippen LogP contribution in [0.1, 0.15) is 27.3 Å². The largest absolute Gasteiger partial charge is 0.489 e. The van der Waals surface area contributed by atoms with Crippen molar-refractivity contribution in [3.8, 4) is 5.75 Å². The Kier molecular flexibility index (Phi) is 6.29. The maximum Gasteiger partial charge on any atom is 0.338 e. The number of hydrogen-bond acceptors (Lipinski definition) is 5. The van der Waals surface area contributed by atoms with Crippen molar-refractivity contribution in [3.63, 3.8) is 0 Å². The molecule has 0 saturated carbocycles. The Balaban J connectivity index is 1.49. The molecule has 0 radical (unpaired) electrons. The Morgan fingerprint density at radius 3 is 2.34 bits per heavy atom. The molecule has 1 aromatic heterocycles. The molecule has 7 nitrogen and oxygen atoms in total. The van der Waals surface area contributed by atoms with Crippen molar-refractivity contribution in [2.24, 2.45) is 7.05 Å². The highest BCUT2D eigenvalue weighted by Crippen LogP contribution is 2.18. The summed E-state index contributed by atoms with van der Waals surface area (Å²) >= 11 is 0. The van der Waals surface area contributed by atoms with Gasteiger partial charge in [0.1, 0.15) is 12.4 Å². The van der Waals surface area contributed by atoms with Crippen LogP contribution in [0, 0.1) is 13.8 Å². The number of amides is 1. The first-order chi connectivity index (χ1) is 13.9. The zero-order chi connectivity index (χ0) is 20.8. The molecule has 0 aliphatic carbocycles. The maximum atomic E-state index is 12.2. The predicted octanol–water partition coefficient (Wildman–Crippen LogP) is 3.41. The number of benzene rings is 2. The molecule has 2 aromatic carbocycles. The van der Waals surface area contributed by atoms with Crippen LogP contribution >= 0.6 is 0 Å².